The average molecular weight is 212 g/mol. The van der Waals surface area contributed by atoms with E-state index in [1.807, 2.05) is 0 Å². The second kappa shape index (κ2) is 5.64. The highest BCUT2D eigenvalue weighted by molar-refractivity contribution is 5.79. The van der Waals surface area contributed by atoms with Gasteiger partial charge in [-0.25, -0.2) is 0 Å². The van der Waals surface area contributed by atoms with Gasteiger partial charge in [0.05, 0.1) is 6.10 Å². The first kappa shape index (κ1) is 12.7. The smallest absolute Gasteiger partial charge is 0.135 e. The zero-order valence-corrected chi connectivity index (χ0v) is 10.2. The molecule has 2 heteroatoms. The van der Waals surface area contributed by atoms with Crippen LogP contribution in [0.15, 0.2) is 0 Å². The van der Waals surface area contributed by atoms with Gasteiger partial charge >= 0.3 is 0 Å². The molecule has 1 N–H and O–H groups in total. The molecular weight excluding hydrogens is 188 g/mol. The quantitative estimate of drug-likeness (QED) is 0.778. The largest absolute Gasteiger partial charge is 0.392 e. The molecule has 0 radical (unpaired) electrons. The first-order valence-corrected chi connectivity index (χ1v) is 6.21. The first-order chi connectivity index (χ1) is 7.02. The molecule has 1 saturated carbocycles. The van der Waals surface area contributed by atoms with Gasteiger partial charge in [0.15, 0.2) is 0 Å². The maximum Gasteiger partial charge on any atom is 0.135 e. The van der Waals surface area contributed by atoms with Crippen molar-refractivity contribution in [1.82, 2.24) is 0 Å². The highest BCUT2D eigenvalue weighted by Crippen LogP contribution is 2.33. The molecule has 0 aromatic heterocycles. The molecule has 0 heterocycles. The molecule has 0 aromatic rings. The summed E-state index contributed by atoms with van der Waals surface area (Å²) in [7, 11) is 0. The second-order valence-electron chi connectivity index (χ2n) is 5.37. The van der Waals surface area contributed by atoms with Crippen LogP contribution in [0.3, 0.4) is 0 Å². The van der Waals surface area contributed by atoms with Gasteiger partial charge in [-0.15, -0.1) is 0 Å². The Bertz CT molecular complexity index is 211. The van der Waals surface area contributed by atoms with Crippen molar-refractivity contribution in [2.75, 3.05) is 0 Å². The minimum atomic E-state index is -0.380. The zero-order chi connectivity index (χ0) is 11.4. The number of ketones is 1. The average Bonchev–Trinajstić information content (AvgIpc) is 2.15. The van der Waals surface area contributed by atoms with Crippen molar-refractivity contribution in [2.24, 2.45) is 17.8 Å². The van der Waals surface area contributed by atoms with Crippen LogP contribution in [0.5, 0.6) is 0 Å². The van der Waals surface area contributed by atoms with Gasteiger partial charge in [-0.1, -0.05) is 26.7 Å². The molecule has 0 saturated heterocycles. The van der Waals surface area contributed by atoms with Gasteiger partial charge < -0.3 is 5.11 Å². The van der Waals surface area contributed by atoms with E-state index < -0.39 is 0 Å². The highest BCUT2D eigenvalue weighted by Gasteiger charge is 2.33. The predicted molar refractivity (Wildman–Crippen MR) is 61.6 cm³/mol. The molecule has 15 heavy (non-hydrogen) atoms. The van der Waals surface area contributed by atoms with E-state index in [2.05, 4.69) is 13.8 Å². The predicted octanol–water partition coefficient (Wildman–Crippen LogP) is 2.79. The summed E-state index contributed by atoms with van der Waals surface area (Å²) >= 11 is 0. The van der Waals surface area contributed by atoms with Gasteiger partial charge in [-0.2, -0.15) is 0 Å². The van der Waals surface area contributed by atoms with Crippen LogP contribution in [0.2, 0.25) is 0 Å². The fourth-order valence-corrected chi connectivity index (χ4v) is 2.58. The molecule has 1 aliphatic rings. The maximum absolute atomic E-state index is 11.3. The van der Waals surface area contributed by atoms with Crippen molar-refractivity contribution >= 4 is 5.78 Å². The van der Waals surface area contributed by atoms with Crippen LogP contribution in [-0.2, 0) is 4.79 Å². The van der Waals surface area contributed by atoms with Crippen LogP contribution in [0, 0.1) is 17.8 Å². The van der Waals surface area contributed by atoms with E-state index in [9.17, 15) is 9.90 Å². The summed E-state index contributed by atoms with van der Waals surface area (Å²) in [6.45, 7) is 6.02. The lowest BCUT2D eigenvalue weighted by Gasteiger charge is -2.33. The third-order valence-corrected chi connectivity index (χ3v) is 3.62. The van der Waals surface area contributed by atoms with Gasteiger partial charge in [0.25, 0.3) is 0 Å². The number of Topliss-reactive ketones (excluding diaryl/α,β-unsaturated/α-hetero) is 1. The van der Waals surface area contributed by atoms with Crippen LogP contribution < -0.4 is 0 Å². The molecule has 0 aliphatic heterocycles. The summed E-state index contributed by atoms with van der Waals surface area (Å²) < 4.78 is 0. The number of aliphatic hydroxyl groups is 1. The van der Waals surface area contributed by atoms with Crippen LogP contribution in [-0.4, -0.2) is 17.0 Å². The summed E-state index contributed by atoms with van der Waals surface area (Å²) in [4.78, 5) is 11.3. The fourth-order valence-electron chi connectivity index (χ4n) is 2.58. The molecule has 3 unspecified atom stereocenters. The van der Waals surface area contributed by atoms with Crippen molar-refractivity contribution in [3.8, 4) is 0 Å². The summed E-state index contributed by atoms with van der Waals surface area (Å²) in [5, 5.41) is 10.1. The standard InChI is InChI=1S/C13H24O2/c1-9(2)7-8-11-5-4-6-12(10(3)14)13(11)15/h9,11-13,15H,4-8H2,1-3H3. The lowest BCUT2D eigenvalue weighted by atomic mass is 9.75. The van der Waals surface area contributed by atoms with Crippen molar-refractivity contribution in [3.63, 3.8) is 0 Å². The zero-order valence-electron chi connectivity index (χ0n) is 10.2. The summed E-state index contributed by atoms with van der Waals surface area (Å²) in [6.07, 6.45) is 4.93. The van der Waals surface area contributed by atoms with E-state index in [1.54, 1.807) is 6.92 Å². The number of hydrogen-bond donors (Lipinski definition) is 1. The Labute approximate surface area is 93.1 Å². The molecule has 2 nitrogen and oxygen atoms in total. The van der Waals surface area contributed by atoms with Crippen molar-refractivity contribution in [2.45, 2.75) is 59.0 Å². The monoisotopic (exact) mass is 212 g/mol. The number of carbonyl (C=O) groups is 1. The van der Waals surface area contributed by atoms with Gasteiger partial charge in [-0.3, -0.25) is 4.79 Å². The number of hydrogen-bond acceptors (Lipinski definition) is 2. The Balaban J connectivity index is 2.47. The Morgan fingerprint density at radius 2 is 2.07 bits per heavy atom. The molecule has 1 aliphatic carbocycles. The third-order valence-electron chi connectivity index (χ3n) is 3.62. The minimum absolute atomic E-state index is 0.0871. The summed E-state index contributed by atoms with van der Waals surface area (Å²) in [6, 6.07) is 0. The molecule has 0 bridgehead atoms. The molecule has 88 valence electrons. The highest BCUT2D eigenvalue weighted by atomic mass is 16.3. The molecule has 0 amide bonds. The van der Waals surface area contributed by atoms with Crippen LogP contribution >= 0.6 is 0 Å². The lowest BCUT2D eigenvalue weighted by Crippen LogP contribution is -2.37. The van der Waals surface area contributed by atoms with Gasteiger partial charge in [0, 0.05) is 5.92 Å². The molecule has 1 rings (SSSR count). The van der Waals surface area contributed by atoms with Crippen LogP contribution in [0.4, 0.5) is 0 Å². The van der Waals surface area contributed by atoms with Crippen LogP contribution in [0.25, 0.3) is 0 Å². The Morgan fingerprint density at radius 1 is 1.40 bits per heavy atom. The van der Waals surface area contributed by atoms with Crippen molar-refractivity contribution < 1.29 is 9.90 Å². The Hall–Kier alpha value is -0.370. The molecule has 0 aromatic carbocycles. The van der Waals surface area contributed by atoms with E-state index in [-0.39, 0.29) is 17.8 Å². The van der Waals surface area contributed by atoms with Crippen LogP contribution in [0.1, 0.15) is 52.9 Å². The fraction of sp³-hybridized carbons (Fsp3) is 0.923. The van der Waals surface area contributed by atoms with Crippen molar-refractivity contribution in [1.29, 1.82) is 0 Å². The third kappa shape index (κ3) is 3.60. The van der Waals surface area contributed by atoms with E-state index in [1.165, 1.54) is 0 Å². The van der Waals surface area contributed by atoms with E-state index in [0.717, 1.165) is 32.1 Å². The number of carbonyl (C=O) groups excluding carboxylic acids is 1. The SMILES string of the molecule is CC(=O)C1CCCC(CCC(C)C)C1O. The minimum Gasteiger partial charge on any atom is -0.392 e. The van der Waals surface area contributed by atoms with Gasteiger partial charge in [0.2, 0.25) is 0 Å². The Morgan fingerprint density at radius 3 is 2.60 bits per heavy atom. The molecular formula is C13H24O2. The number of aliphatic hydroxyl groups excluding tert-OH is 1. The number of rotatable bonds is 4. The molecule has 0 spiro atoms. The maximum atomic E-state index is 11.3. The summed E-state index contributed by atoms with van der Waals surface area (Å²) in [5.41, 5.74) is 0. The summed E-state index contributed by atoms with van der Waals surface area (Å²) in [5.74, 6) is 1.12. The van der Waals surface area contributed by atoms with Gasteiger partial charge in [0.1, 0.15) is 5.78 Å². The van der Waals surface area contributed by atoms with E-state index in [0.29, 0.717) is 11.8 Å². The van der Waals surface area contributed by atoms with Crippen molar-refractivity contribution in [3.05, 3.63) is 0 Å². The Kier molecular flexibility index (Phi) is 4.78. The van der Waals surface area contributed by atoms with E-state index >= 15 is 0 Å². The lowest BCUT2D eigenvalue weighted by molar-refractivity contribution is -0.127. The normalized spacial score (nSPS) is 31.9. The first-order valence-electron chi connectivity index (χ1n) is 6.21. The molecule has 1 fully saturated rings. The molecule has 3 atom stereocenters. The topological polar surface area (TPSA) is 37.3 Å². The van der Waals surface area contributed by atoms with E-state index in [4.69, 9.17) is 0 Å². The second-order valence-corrected chi connectivity index (χ2v) is 5.37. The van der Waals surface area contributed by atoms with Gasteiger partial charge in [-0.05, 0) is 38.0 Å².